The minimum atomic E-state index is -0.336. The Balaban J connectivity index is 2.03. The Morgan fingerprint density at radius 3 is 2.56 bits per heavy atom. The van der Waals surface area contributed by atoms with Crippen LogP contribution in [-0.4, -0.2) is 43.4 Å². The molecule has 2 aromatic heterocycles. The molecule has 0 radical (unpaired) electrons. The lowest BCUT2D eigenvalue weighted by Crippen LogP contribution is -2.11. The van der Waals surface area contributed by atoms with E-state index in [1.807, 2.05) is 19.9 Å². The summed E-state index contributed by atoms with van der Waals surface area (Å²) in [4.78, 5) is 24.1. The molecule has 25 heavy (non-hydrogen) atoms. The number of Topliss-reactive ketones (excluding diaryl/α,β-unsaturated/α-hetero) is 1. The first-order chi connectivity index (χ1) is 11.9. The van der Waals surface area contributed by atoms with E-state index in [-0.39, 0.29) is 23.9 Å². The number of aromatic nitrogens is 4. The van der Waals surface area contributed by atoms with Crippen LogP contribution in [0.15, 0.2) is 11.2 Å². The Hall–Kier alpha value is -2.09. The van der Waals surface area contributed by atoms with E-state index >= 15 is 0 Å². The number of esters is 1. The fourth-order valence-corrected chi connectivity index (χ4v) is 3.56. The Labute approximate surface area is 151 Å². The van der Waals surface area contributed by atoms with Gasteiger partial charge < -0.3 is 13.9 Å². The van der Waals surface area contributed by atoms with Gasteiger partial charge in [-0.3, -0.25) is 9.59 Å². The van der Waals surface area contributed by atoms with Gasteiger partial charge in [0.15, 0.2) is 10.9 Å². The molecule has 0 spiro atoms. The Morgan fingerprint density at radius 2 is 1.96 bits per heavy atom. The fourth-order valence-electron chi connectivity index (χ4n) is 2.74. The van der Waals surface area contributed by atoms with Gasteiger partial charge in [-0.15, -0.1) is 10.2 Å². The van der Waals surface area contributed by atoms with Gasteiger partial charge in [-0.25, -0.2) is 0 Å². The van der Waals surface area contributed by atoms with Gasteiger partial charge in [0.2, 0.25) is 0 Å². The summed E-state index contributed by atoms with van der Waals surface area (Å²) < 4.78 is 8.77. The molecule has 0 aliphatic rings. The maximum Gasteiger partial charge on any atom is 0.313 e. The Kier molecular flexibility index (Phi) is 6.41. The van der Waals surface area contributed by atoms with Gasteiger partial charge in [0.1, 0.15) is 12.2 Å². The first-order valence-corrected chi connectivity index (χ1v) is 9.24. The van der Waals surface area contributed by atoms with E-state index < -0.39 is 0 Å². The van der Waals surface area contributed by atoms with Gasteiger partial charge in [0.05, 0.1) is 12.4 Å². The second-order valence-corrected chi connectivity index (χ2v) is 6.62. The quantitative estimate of drug-likeness (QED) is 0.406. The predicted octanol–water partition coefficient (Wildman–Crippen LogP) is 2.33. The van der Waals surface area contributed by atoms with E-state index in [0.717, 1.165) is 23.5 Å². The zero-order valence-electron chi connectivity index (χ0n) is 15.3. The summed E-state index contributed by atoms with van der Waals surface area (Å²) in [6.45, 7) is 8.98. The molecule has 136 valence electrons. The van der Waals surface area contributed by atoms with Crippen molar-refractivity contribution in [2.24, 2.45) is 7.05 Å². The van der Waals surface area contributed by atoms with Gasteiger partial charge in [0.25, 0.3) is 0 Å². The third kappa shape index (κ3) is 4.31. The monoisotopic (exact) mass is 364 g/mol. The number of hydrogen-bond acceptors (Lipinski definition) is 6. The van der Waals surface area contributed by atoms with Crippen LogP contribution in [0.2, 0.25) is 0 Å². The van der Waals surface area contributed by atoms with Crippen LogP contribution in [0.3, 0.4) is 0 Å². The molecule has 0 saturated carbocycles. The molecule has 0 aliphatic carbocycles. The smallest absolute Gasteiger partial charge is 0.313 e. The second-order valence-electron chi connectivity index (χ2n) is 5.68. The molecule has 0 fully saturated rings. The van der Waals surface area contributed by atoms with Crippen LogP contribution in [0.5, 0.6) is 0 Å². The molecule has 2 heterocycles. The van der Waals surface area contributed by atoms with Crippen LogP contribution in [0, 0.1) is 13.8 Å². The molecule has 0 atom stereocenters. The number of ether oxygens (including phenoxy) is 1. The molecule has 2 aromatic rings. The minimum absolute atomic E-state index is 0.0627. The molecule has 0 unspecified atom stereocenters. The van der Waals surface area contributed by atoms with Crippen LogP contribution in [0.1, 0.15) is 41.4 Å². The number of carbonyl (C=O) groups excluding carboxylic acids is 2. The normalized spacial score (nSPS) is 10.9. The topological polar surface area (TPSA) is 79.0 Å². The molecule has 8 heteroatoms. The standard InChI is InChI=1S/C17H24N4O3S/c1-6-21-11(3)8-13(12(21)4)14(22)10-25-17-19-18-15(20(17)5)9-16(23)24-7-2/h8H,6-7,9-10H2,1-5H3. The SMILES string of the molecule is CCOC(=O)Cc1nnc(SCC(=O)c2cc(C)n(CC)c2C)n1C. The Bertz CT molecular complexity index is 779. The largest absolute Gasteiger partial charge is 0.466 e. The van der Waals surface area contributed by atoms with Crippen LogP contribution in [0.25, 0.3) is 0 Å². The van der Waals surface area contributed by atoms with E-state index in [1.54, 1.807) is 18.5 Å². The highest BCUT2D eigenvalue weighted by molar-refractivity contribution is 7.99. The van der Waals surface area contributed by atoms with Crippen LogP contribution >= 0.6 is 11.8 Å². The number of rotatable bonds is 8. The summed E-state index contributed by atoms with van der Waals surface area (Å²) in [5.41, 5.74) is 2.83. The maximum absolute atomic E-state index is 12.5. The van der Waals surface area contributed by atoms with Gasteiger partial charge in [-0.1, -0.05) is 11.8 Å². The molecular weight excluding hydrogens is 340 g/mol. The average molecular weight is 364 g/mol. The van der Waals surface area contributed by atoms with E-state index in [9.17, 15) is 9.59 Å². The molecule has 0 amide bonds. The van der Waals surface area contributed by atoms with Crippen molar-refractivity contribution in [1.82, 2.24) is 19.3 Å². The third-order valence-corrected chi connectivity index (χ3v) is 5.08. The van der Waals surface area contributed by atoms with Crippen molar-refractivity contribution >= 4 is 23.5 Å². The number of aryl methyl sites for hydroxylation is 1. The van der Waals surface area contributed by atoms with Gasteiger partial charge in [0, 0.05) is 30.5 Å². The first kappa shape index (κ1) is 19.2. The van der Waals surface area contributed by atoms with Crippen molar-refractivity contribution in [3.63, 3.8) is 0 Å². The lowest BCUT2D eigenvalue weighted by Gasteiger charge is -2.06. The Morgan fingerprint density at radius 1 is 1.24 bits per heavy atom. The van der Waals surface area contributed by atoms with E-state index in [1.165, 1.54) is 11.8 Å². The summed E-state index contributed by atoms with van der Waals surface area (Å²) in [6.07, 6.45) is 0.0729. The highest BCUT2D eigenvalue weighted by atomic mass is 32.2. The molecule has 7 nitrogen and oxygen atoms in total. The zero-order chi connectivity index (χ0) is 18.6. The van der Waals surface area contributed by atoms with Gasteiger partial charge >= 0.3 is 5.97 Å². The highest BCUT2D eigenvalue weighted by Gasteiger charge is 2.18. The molecule has 2 rings (SSSR count). The van der Waals surface area contributed by atoms with Gasteiger partial charge in [-0.05, 0) is 33.8 Å². The number of carbonyl (C=O) groups is 2. The summed E-state index contributed by atoms with van der Waals surface area (Å²) >= 11 is 1.32. The van der Waals surface area contributed by atoms with Crippen LogP contribution in [-0.2, 0) is 29.5 Å². The van der Waals surface area contributed by atoms with Crippen molar-refractivity contribution in [1.29, 1.82) is 0 Å². The zero-order valence-corrected chi connectivity index (χ0v) is 16.1. The van der Waals surface area contributed by atoms with Crippen LogP contribution in [0.4, 0.5) is 0 Å². The lowest BCUT2D eigenvalue weighted by atomic mass is 10.2. The maximum atomic E-state index is 12.5. The van der Waals surface area contributed by atoms with Crippen molar-refractivity contribution in [2.45, 2.75) is 45.8 Å². The molecular formula is C17H24N4O3S. The van der Waals surface area contributed by atoms with E-state index in [2.05, 4.69) is 21.7 Å². The van der Waals surface area contributed by atoms with Gasteiger partial charge in [-0.2, -0.15) is 0 Å². The molecule has 0 saturated heterocycles. The average Bonchev–Trinajstić information content (AvgIpc) is 3.05. The molecule has 0 N–H and O–H groups in total. The molecule has 0 aromatic carbocycles. The molecule has 0 bridgehead atoms. The third-order valence-electron chi connectivity index (χ3n) is 4.06. The number of thioether (sulfide) groups is 1. The van der Waals surface area contributed by atoms with Crippen molar-refractivity contribution in [2.75, 3.05) is 12.4 Å². The van der Waals surface area contributed by atoms with Crippen molar-refractivity contribution in [3.05, 3.63) is 28.8 Å². The highest BCUT2D eigenvalue weighted by Crippen LogP contribution is 2.21. The predicted molar refractivity (Wildman–Crippen MR) is 96.0 cm³/mol. The van der Waals surface area contributed by atoms with E-state index in [4.69, 9.17) is 4.74 Å². The summed E-state index contributed by atoms with van der Waals surface area (Å²) in [7, 11) is 1.78. The summed E-state index contributed by atoms with van der Waals surface area (Å²) in [6, 6.07) is 1.94. The second kappa shape index (κ2) is 8.33. The summed E-state index contributed by atoms with van der Waals surface area (Å²) in [5, 5.41) is 8.69. The van der Waals surface area contributed by atoms with Crippen molar-refractivity contribution in [3.8, 4) is 0 Å². The number of ketones is 1. The summed E-state index contributed by atoms with van der Waals surface area (Å²) in [5.74, 6) is 0.530. The van der Waals surface area contributed by atoms with E-state index in [0.29, 0.717) is 17.6 Å². The molecule has 0 aliphatic heterocycles. The first-order valence-electron chi connectivity index (χ1n) is 8.25. The minimum Gasteiger partial charge on any atom is -0.466 e. The fraction of sp³-hybridized carbons (Fsp3) is 0.529. The number of nitrogens with zero attached hydrogens (tertiary/aromatic N) is 4. The lowest BCUT2D eigenvalue weighted by molar-refractivity contribution is -0.142. The number of hydrogen-bond donors (Lipinski definition) is 0. The van der Waals surface area contributed by atoms with Crippen LogP contribution < -0.4 is 0 Å². The van der Waals surface area contributed by atoms with Crippen molar-refractivity contribution < 1.29 is 14.3 Å².